The average molecular weight is 320 g/mol. The number of hydrogen-bond acceptors (Lipinski definition) is 4. The van der Waals surface area contributed by atoms with Gasteiger partial charge in [0.2, 0.25) is 0 Å². The molecule has 0 saturated heterocycles. The molecule has 1 unspecified atom stereocenters. The Kier molecular flexibility index (Phi) is 4.70. The molecule has 6 heteroatoms. The van der Waals surface area contributed by atoms with Gasteiger partial charge in [-0.3, -0.25) is 9.48 Å². The Hall–Kier alpha value is -1.69. The molecule has 0 aliphatic heterocycles. The molecule has 5 nitrogen and oxygen atoms in total. The van der Waals surface area contributed by atoms with E-state index in [2.05, 4.69) is 36.2 Å². The second-order valence-corrected chi connectivity index (χ2v) is 7.38. The van der Waals surface area contributed by atoms with Gasteiger partial charge in [0.1, 0.15) is 5.01 Å². The van der Waals surface area contributed by atoms with E-state index in [0.29, 0.717) is 11.5 Å². The normalized spacial score (nSPS) is 13.4. The molecule has 2 rings (SSSR count). The number of aromatic nitrogens is 3. The zero-order valence-electron chi connectivity index (χ0n) is 14.0. The molecule has 2 heterocycles. The maximum absolute atomic E-state index is 12.6. The fourth-order valence-corrected chi connectivity index (χ4v) is 2.99. The van der Waals surface area contributed by atoms with E-state index in [-0.39, 0.29) is 11.9 Å². The van der Waals surface area contributed by atoms with Crippen LogP contribution in [0.3, 0.4) is 0 Å². The molecule has 0 aliphatic rings. The summed E-state index contributed by atoms with van der Waals surface area (Å²) in [5.74, 6) is 0.348. The predicted octanol–water partition coefficient (Wildman–Crippen LogP) is 3.53. The van der Waals surface area contributed by atoms with Gasteiger partial charge < -0.3 is 5.32 Å². The van der Waals surface area contributed by atoms with Gasteiger partial charge in [0.25, 0.3) is 5.91 Å². The predicted molar refractivity (Wildman–Crippen MR) is 89.1 cm³/mol. The molecule has 1 amide bonds. The summed E-state index contributed by atoms with van der Waals surface area (Å²) in [6.07, 6.45) is 3.41. The molecule has 2 aromatic heterocycles. The van der Waals surface area contributed by atoms with Crippen LogP contribution in [-0.4, -0.2) is 20.7 Å². The van der Waals surface area contributed by atoms with Crippen LogP contribution in [0.1, 0.15) is 61.7 Å². The number of hydrogen-bond donors (Lipinski definition) is 1. The average Bonchev–Trinajstić information content (AvgIpc) is 3.06. The van der Waals surface area contributed by atoms with E-state index in [1.54, 1.807) is 12.4 Å². The highest BCUT2D eigenvalue weighted by atomic mass is 32.1. The largest absolute Gasteiger partial charge is 0.341 e. The molecule has 0 aromatic carbocycles. The van der Waals surface area contributed by atoms with E-state index < -0.39 is 5.54 Å². The standard InChI is InChI=1S/C16H24N4OS/c1-10(2)11(3)20-12(4)13(9-18-20)14(21)19-16(5,6)15-17-7-8-22-15/h7-11H,1-6H3,(H,19,21). The molecular formula is C16H24N4OS. The number of amides is 1. The number of nitrogens with zero attached hydrogens (tertiary/aromatic N) is 3. The minimum Gasteiger partial charge on any atom is -0.341 e. The smallest absolute Gasteiger partial charge is 0.255 e. The van der Waals surface area contributed by atoms with Crippen molar-refractivity contribution in [3.63, 3.8) is 0 Å². The summed E-state index contributed by atoms with van der Waals surface area (Å²) in [7, 11) is 0. The van der Waals surface area contributed by atoms with Crippen LogP contribution < -0.4 is 5.32 Å². The maximum atomic E-state index is 12.6. The molecule has 0 bridgehead atoms. The molecular weight excluding hydrogens is 296 g/mol. The molecule has 0 fully saturated rings. The minimum atomic E-state index is -0.497. The van der Waals surface area contributed by atoms with Crippen molar-refractivity contribution in [2.24, 2.45) is 5.92 Å². The summed E-state index contributed by atoms with van der Waals surface area (Å²) < 4.78 is 1.93. The van der Waals surface area contributed by atoms with Gasteiger partial charge in [0, 0.05) is 17.3 Å². The van der Waals surface area contributed by atoms with Crippen molar-refractivity contribution in [2.75, 3.05) is 0 Å². The van der Waals surface area contributed by atoms with Crippen LogP contribution in [0.25, 0.3) is 0 Å². The van der Waals surface area contributed by atoms with Crippen molar-refractivity contribution in [1.82, 2.24) is 20.1 Å². The van der Waals surface area contributed by atoms with Gasteiger partial charge in [-0.05, 0) is 33.6 Å². The van der Waals surface area contributed by atoms with E-state index in [0.717, 1.165) is 10.7 Å². The van der Waals surface area contributed by atoms with E-state index in [9.17, 15) is 4.79 Å². The lowest BCUT2D eigenvalue weighted by atomic mass is 10.1. The first-order valence-electron chi connectivity index (χ1n) is 7.50. The van der Waals surface area contributed by atoms with Crippen molar-refractivity contribution in [2.45, 2.75) is 53.1 Å². The van der Waals surface area contributed by atoms with Gasteiger partial charge in [-0.2, -0.15) is 5.10 Å². The molecule has 1 N–H and O–H groups in total. The van der Waals surface area contributed by atoms with Crippen molar-refractivity contribution >= 4 is 17.2 Å². The first-order valence-corrected chi connectivity index (χ1v) is 8.38. The van der Waals surface area contributed by atoms with E-state index >= 15 is 0 Å². The summed E-state index contributed by atoms with van der Waals surface area (Å²) in [5.41, 5.74) is 1.02. The number of nitrogens with one attached hydrogen (secondary N) is 1. The van der Waals surface area contributed by atoms with Crippen LogP contribution in [0, 0.1) is 12.8 Å². The molecule has 2 aromatic rings. The molecule has 0 spiro atoms. The summed E-state index contributed by atoms with van der Waals surface area (Å²) >= 11 is 1.54. The first kappa shape index (κ1) is 16.7. The van der Waals surface area contributed by atoms with E-state index in [1.807, 2.05) is 30.8 Å². The molecule has 0 saturated carbocycles. The van der Waals surface area contributed by atoms with Crippen molar-refractivity contribution in [3.8, 4) is 0 Å². The van der Waals surface area contributed by atoms with Gasteiger partial charge in [-0.25, -0.2) is 4.98 Å². The van der Waals surface area contributed by atoms with Gasteiger partial charge in [0.05, 0.1) is 23.3 Å². The molecule has 0 radical (unpaired) electrons. The van der Waals surface area contributed by atoms with Crippen LogP contribution in [0.15, 0.2) is 17.8 Å². The summed E-state index contributed by atoms with van der Waals surface area (Å²) in [5, 5.41) is 10.3. The maximum Gasteiger partial charge on any atom is 0.255 e. The van der Waals surface area contributed by atoms with Gasteiger partial charge in [-0.15, -0.1) is 11.3 Å². The van der Waals surface area contributed by atoms with Crippen LogP contribution >= 0.6 is 11.3 Å². The lowest BCUT2D eigenvalue weighted by molar-refractivity contribution is 0.0911. The third-order valence-electron chi connectivity index (χ3n) is 4.03. The number of rotatable bonds is 5. The Bertz CT molecular complexity index is 643. The quantitative estimate of drug-likeness (QED) is 0.917. The van der Waals surface area contributed by atoms with Crippen molar-refractivity contribution in [3.05, 3.63) is 34.0 Å². The third kappa shape index (κ3) is 3.21. The highest BCUT2D eigenvalue weighted by molar-refractivity contribution is 7.09. The minimum absolute atomic E-state index is 0.111. The van der Waals surface area contributed by atoms with Gasteiger partial charge in [0.15, 0.2) is 0 Å². The topological polar surface area (TPSA) is 59.8 Å². The SMILES string of the molecule is Cc1c(C(=O)NC(C)(C)c2nccs2)cnn1C(C)C(C)C. The van der Waals surface area contributed by atoms with Gasteiger partial charge in [-0.1, -0.05) is 13.8 Å². The Balaban J connectivity index is 2.21. The van der Waals surface area contributed by atoms with Crippen LogP contribution in [-0.2, 0) is 5.54 Å². The second-order valence-electron chi connectivity index (χ2n) is 6.49. The van der Waals surface area contributed by atoms with Crippen LogP contribution in [0.2, 0.25) is 0 Å². The van der Waals surface area contributed by atoms with Crippen molar-refractivity contribution < 1.29 is 4.79 Å². The fraction of sp³-hybridized carbons (Fsp3) is 0.562. The highest BCUT2D eigenvalue weighted by Crippen LogP contribution is 2.24. The molecule has 120 valence electrons. The fourth-order valence-electron chi connectivity index (χ4n) is 2.28. The van der Waals surface area contributed by atoms with E-state index in [1.165, 1.54) is 11.3 Å². The second kappa shape index (κ2) is 6.20. The Labute approximate surface area is 135 Å². The molecule has 1 atom stereocenters. The lowest BCUT2D eigenvalue weighted by Crippen LogP contribution is -2.41. The Morgan fingerprint density at radius 2 is 2.05 bits per heavy atom. The number of thiazole rings is 1. The number of carbonyl (C=O) groups is 1. The summed E-state index contributed by atoms with van der Waals surface area (Å²) in [6, 6.07) is 0.258. The van der Waals surface area contributed by atoms with Gasteiger partial charge >= 0.3 is 0 Å². The summed E-state index contributed by atoms with van der Waals surface area (Å²) in [4.78, 5) is 16.9. The molecule has 0 aliphatic carbocycles. The zero-order chi connectivity index (χ0) is 16.5. The van der Waals surface area contributed by atoms with E-state index in [4.69, 9.17) is 0 Å². The Morgan fingerprint density at radius 3 is 2.59 bits per heavy atom. The van der Waals surface area contributed by atoms with Crippen molar-refractivity contribution in [1.29, 1.82) is 0 Å². The summed E-state index contributed by atoms with van der Waals surface area (Å²) in [6.45, 7) is 12.3. The third-order valence-corrected chi connectivity index (χ3v) is 5.13. The highest BCUT2D eigenvalue weighted by Gasteiger charge is 2.28. The first-order chi connectivity index (χ1) is 10.2. The zero-order valence-corrected chi connectivity index (χ0v) is 14.9. The van der Waals surface area contributed by atoms with Crippen LogP contribution in [0.4, 0.5) is 0 Å². The monoisotopic (exact) mass is 320 g/mol. The lowest BCUT2D eigenvalue weighted by Gasteiger charge is -2.24. The molecule has 22 heavy (non-hydrogen) atoms. The number of carbonyl (C=O) groups excluding carboxylic acids is 1. The Morgan fingerprint density at radius 1 is 1.36 bits per heavy atom. The van der Waals surface area contributed by atoms with Crippen LogP contribution in [0.5, 0.6) is 0 Å².